The maximum atomic E-state index is 13.7. The molecule has 0 fully saturated rings. The van der Waals surface area contributed by atoms with Gasteiger partial charge in [-0.25, -0.2) is 14.1 Å². The van der Waals surface area contributed by atoms with Gasteiger partial charge in [0, 0.05) is 33.4 Å². The van der Waals surface area contributed by atoms with Crippen molar-refractivity contribution in [2.75, 3.05) is 6.54 Å². The van der Waals surface area contributed by atoms with Gasteiger partial charge in [-0.1, -0.05) is 29.3 Å². The predicted molar refractivity (Wildman–Crippen MR) is 148 cm³/mol. The lowest BCUT2D eigenvalue weighted by molar-refractivity contribution is -0.120. The van der Waals surface area contributed by atoms with Gasteiger partial charge in [-0.3, -0.25) is 14.0 Å². The molecule has 0 aliphatic heterocycles. The molecule has 5 aromatic rings. The van der Waals surface area contributed by atoms with Crippen LogP contribution in [0.1, 0.15) is 22.6 Å². The summed E-state index contributed by atoms with van der Waals surface area (Å²) in [4.78, 5) is 31.5. The molecule has 0 unspecified atom stereocenters. The SMILES string of the molecule is Cc1nc2scc(CC(=O)NCCc3ccc(Cl)cc3Cl)n2c(=O)c1-c1cc(C)n(-c2ccc(F)cc2)n1. The van der Waals surface area contributed by atoms with E-state index in [4.69, 9.17) is 23.2 Å². The number of hydrogen-bond donors (Lipinski definition) is 1. The Hall–Kier alpha value is -3.53. The third-order valence-corrected chi connectivity index (χ3v) is 7.57. The minimum Gasteiger partial charge on any atom is -0.355 e. The van der Waals surface area contributed by atoms with Crippen molar-refractivity contribution in [3.8, 4) is 16.9 Å². The van der Waals surface area contributed by atoms with Gasteiger partial charge < -0.3 is 5.32 Å². The van der Waals surface area contributed by atoms with Gasteiger partial charge in [-0.05, 0) is 68.3 Å². The highest BCUT2D eigenvalue weighted by atomic mass is 35.5. The number of nitrogens with one attached hydrogen (secondary N) is 1. The van der Waals surface area contributed by atoms with Crippen LogP contribution >= 0.6 is 34.5 Å². The van der Waals surface area contributed by atoms with Crippen molar-refractivity contribution >= 4 is 45.4 Å². The zero-order chi connectivity index (χ0) is 27.0. The van der Waals surface area contributed by atoms with E-state index in [1.165, 1.54) is 27.9 Å². The Balaban J connectivity index is 1.39. The number of carbonyl (C=O) groups is 1. The molecule has 11 heteroatoms. The summed E-state index contributed by atoms with van der Waals surface area (Å²) in [5.41, 5.74) is 3.93. The van der Waals surface area contributed by atoms with Gasteiger partial charge in [0.15, 0.2) is 4.96 Å². The molecule has 0 spiro atoms. The number of amides is 1. The van der Waals surface area contributed by atoms with Gasteiger partial charge in [-0.2, -0.15) is 5.10 Å². The molecular formula is C27H22Cl2FN5O2S. The van der Waals surface area contributed by atoms with Crippen molar-refractivity contribution in [2.45, 2.75) is 26.7 Å². The highest BCUT2D eigenvalue weighted by molar-refractivity contribution is 7.15. The zero-order valence-corrected chi connectivity index (χ0v) is 22.8. The first-order valence-corrected chi connectivity index (χ1v) is 13.4. The first-order chi connectivity index (χ1) is 18.2. The fourth-order valence-corrected chi connectivity index (χ4v) is 5.68. The maximum Gasteiger partial charge on any atom is 0.268 e. The van der Waals surface area contributed by atoms with Crippen LogP contribution in [0.2, 0.25) is 10.0 Å². The minimum atomic E-state index is -0.342. The molecule has 0 radical (unpaired) electrons. The summed E-state index contributed by atoms with van der Waals surface area (Å²) in [6, 6.07) is 13.0. The Kier molecular flexibility index (Phi) is 7.34. The van der Waals surface area contributed by atoms with Gasteiger partial charge in [0.05, 0.1) is 23.4 Å². The number of benzene rings is 2. The van der Waals surface area contributed by atoms with E-state index in [1.807, 2.05) is 13.0 Å². The van der Waals surface area contributed by atoms with Crippen LogP contribution in [0.4, 0.5) is 4.39 Å². The molecule has 0 aliphatic rings. The molecule has 5 rings (SSSR count). The van der Waals surface area contributed by atoms with Crippen LogP contribution in [0.3, 0.4) is 0 Å². The van der Waals surface area contributed by atoms with Crippen LogP contribution in [0, 0.1) is 19.7 Å². The molecule has 1 N–H and O–H groups in total. The summed E-state index contributed by atoms with van der Waals surface area (Å²) in [5.74, 6) is -0.564. The molecule has 0 bridgehead atoms. The number of rotatable bonds is 7. The summed E-state index contributed by atoms with van der Waals surface area (Å²) < 4.78 is 16.5. The number of aryl methyl sites for hydroxylation is 2. The molecule has 38 heavy (non-hydrogen) atoms. The van der Waals surface area contributed by atoms with E-state index in [9.17, 15) is 14.0 Å². The van der Waals surface area contributed by atoms with E-state index < -0.39 is 0 Å². The highest BCUT2D eigenvalue weighted by Gasteiger charge is 2.20. The van der Waals surface area contributed by atoms with Crippen LogP contribution in [0.5, 0.6) is 0 Å². The van der Waals surface area contributed by atoms with Crippen LogP contribution in [-0.2, 0) is 17.6 Å². The van der Waals surface area contributed by atoms with E-state index in [1.54, 1.807) is 47.3 Å². The number of nitrogens with zero attached hydrogens (tertiary/aromatic N) is 4. The second kappa shape index (κ2) is 10.7. The van der Waals surface area contributed by atoms with E-state index in [0.717, 1.165) is 11.3 Å². The topological polar surface area (TPSA) is 81.3 Å². The van der Waals surface area contributed by atoms with Gasteiger partial charge in [0.2, 0.25) is 5.91 Å². The number of aromatic nitrogens is 4. The molecular weight excluding hydrogens is 548 g/mol. The average Bonchev–Trinajstić information content (AvgIpc) is 3.44. The van der Waals surface area contributed by atoms with Crippen molar-refractivity contribution in [3.63, 3.8) is 0 Å². The Morgan fingerprint density at radius 2 is 1.87 bits per heavy atom. The van der Waals surface area contributed by atoms with Crippen LogP contribution in [0.15, 0.2) is 58.7 Å². The fraction of sp³-hybridized carbons (Fsp3) is 0.185. The number of carbonyl (C=O) groups excluding carboxylic acids is 1. The van der Waals surface area contributed by atoms with Crippen molar-refractivity contribution in [1.82, 2.24) is 24.5 Å². The van der Waals surface area contributed by atoms with Crippen molar-refractivity contribution in [1.29, 1.82) is 0 Å². The summed E-state index contributed by atoms with van der Waals surface area (Å²) in [6.45, 7) is 4.01. The lowest BCUT2D eigenvalue weighted by Gasteiger charge is -2.08. The molecule has 3 aromatic heterocycles. The number of thiazole rings is 1. The third-order valence-electron chi connectivity index (χ3n) is 6.11. The van der Waals surface area contributed by atoms with Gasteiger partial charge in [0.25, 0.3) is 5.56 Å². The quantitative estimate of drug-likeness (QED) is 0.277. The first kappa shape index (κ1) is 26.1. The van der Waals surface area contributed by atoms with Gasteiger partial charge in [-0.15, -0.1) is 11.3 Å². The second-order valence-electron chi connectivity index (χ2n) is 8.79. The average molecular weight is 570 g/mol. The Labute approximate surface area is 231 Å². The summed E-state index contributed by atoms with van der Waals surface area (Å²) in [7, 11) is 0. The highest BCUT2D eigenvalue weighted by Crippen LogP contribution is 2.24. The molecule has 7 nitrogen and oxygen atoms in total. The standard InChI is InChI=1S/C27H22Cl2FN5O2S/c1-15-11-23(33-35(15)20-7-5-19(30)6-8-20)25-16(2)32-27-34(26(25)37)21(14-38-27)13-24(36)31-10-9-17-3-4-18(28)12-22(17)29/h3-8,11-12,14H,9-10,13H2,1-2H3,(H,31,36). The van der Waals surface area contributed by atoms with Crippen molar-refractivity contribution in [2.24, 2.45) is 0 Å². The first-order valence-electron chi connectivity index (χ1n) is 11.7. The minimum absolute atomic E-state index is 0.0154. The van der Waals surface area contributed by atoms with Gasteiger partial charge in [0.1, 0.15) is 11.5 Å². The van der Waals surface area contributed by atoms with Crippen LogP contribution < -0.4 is 10.9 Å². The number of hydrogen-bond acceptors (Lipinski definition) is 5. The summed E-state index contributed by atoms with van der Waals surface area (Å²) >= 11 is 13.4. The fourth-order valence-electron chi connectivity index (χ4n) is 4.25. The maximum absolute atomic E-state index is 13.7. The number of halogens is 3. The Morgan fingerprint density at radius 1 is 1.11 bits per heavy atom. The Morgan fingerprint density at radius 3 is 2.61 bits per heavy atom. The lowest BCUT2D eigenvalue weighted by atomic mass is 10.1. The Bertz CT molecular complexity index is 1730. The largest absolute Gasteiger partial charge is 0.355 e. The van der Waals surface area contributed by atoms with E-state index >= 15 is 0 Å². The second-order valence-corrected chi connectivity index (χ2v) is 10.5. The molecule has 1 amide bonds. The smallest absolute Gasteiger partial charge is 0.268 e. The van der Waals surface area contributed by atoms with E-state index in [0.29, 0.717) is 56.3 Å². The molecule has 2 aromatic carbocycles. The van der Waals surface area contributed by atoms with E-state index in [-0.39, 0.29) is 23.7 Å². The number of fused-ring (bicyclic) bond motifs is 1. The molecule has 0 saturated carbocycles. The molecule has 0 saturated heterocycles. The van der Waals surface area contributed by atoms with Crippen LogP contribution in [-0.4, -0.2) is 31.6 Å². The monoisotopic (exact) mass is 569 g/mol. The normalized spacial score (nSPS) is 11.3. The zero-order valence-electron chi connectivity index (χ0n) is 20.5. The predicted octanol–water partition coefficient (Wildman–Crippen LogP) is 5.57. The molecule has 0 aliphatic carbocycles. The lowest BCUT2D eigenvalue weighted by Crippen LogP contribution is -2.29. The van der Waals surface area contributed by atoms with E-state index in [2.05, 4.69) is 15.4 Å². The molecule has 0 atom stereocenters. The van der Waals surface area contributed by atoms with Crippen molar-refractivity contribution in [3.05, 3.63) is 103 Å². The van der Waals surface area contributed by atoms with Crippen LogP contribution in [0.25, 0.3) is 21.9 Å². The summed E-state index contributed by atoms with van der Waals surface area (Å²) in [5, 5.41) is 10.4. The summed E-state index contributed by atoms with van der Waals surface area (Å²) in [6.07, 6.45) is 0.564. The third kappa shape index (κ3) is 5.22. The molecule has 194 valence electrons. The van der Waals surface area contributed by atoms with Crippen molar-refractivity contribution < 1.29 is 9.18 Å². The molecule has 3 heterocycles. The van der Waals surface area contributed by atoms with Gasteiger partial charge >= 0.3 is 0 Å².